The highest BCUT2D eigenvalue weighted by Crippen LogP contribution is 2.38. The summed E-state index contributed by atoms with van der Waals surface area (Å²) >= 11 is 1.25. The van der Waals surface area contributed by atoms with Crippen molar-refractivity contribution in [1.82, 2.24) is 4.90 Å². The number of likely N-dealkylation sites (tertiary alicyclic amines) is 1. The van der Waals surface area contributed by atoms with Crippen LogP contribution < -0.4 is 9.47 Å². The number of benzene rings is 2. The Balaban J connectivity index is 1.46. The van der Waals surface area contributed by atoms with E-state index in [9.17, 15) is 9.18 Å². The van der Waals surface area contributed by atoms with Crippen molar-refractivity contribution < 1.29 is 18.7 Å². The van der Waals surface area contributed by atoms with E-state index in [1.54, 1.807) is 18.2 Å². The topological polar surface area (TPSA) is 38.8 Å². The second-order valence-corrected chi connectivity index (χ2v) is 7.74. The zero-order chi connectivity index (χ0) is 18.6. The summed E-state index contributed by atoms with van der Waals surface area (Å²) in [4.78, 5) is 15.2. The van der Waals surface area contributed by atoms with Gasteiger partial charge in [0, 0.05) is 17.9 Å². The van der Waals surface area contributed by atoms with Gasteiger partial charge in [0.2, 0.25) is 5.91 Å². The first-order valence-electron chi connectivity index (χ1n) is 9.29. The first kappa shape index (κ1) is 18.2. The molecule has 0 spiro atoms. The summed E-state index contributed by atoms with van der Waals surface area (Å²) in [5, 5.41) is 0. The van der Waals surface area contributed by atoms with Crippen molar-refractivity contribution in [3.8, 4) is 11.5 Å². The Kier molecular flexibility index (Phi) is 5.53. The molecule has 2 aliphatic heterocycles. The van der Waals surface area contributed by atoms with Crippen LogP contribution >= 0.6 is 11.8 Å². The molecule has 6 heteroatoms. The summed E-state index contributed by atoms with van der Waals surface area (Å²) in [6, 6.07) is 12.6. The molecule has 4 nitrogen and oxygen atoms in total. The number of nitrogens with zero attached hydrogens (tertiary/aromatic N) is 1. The largest absolute Gasteiger partial charge is 0.490 e. The Morgan fingerprint density at radius 1 is 1.11 bits per heavy atom. The fourth-order valence-electron chi connectivity index (χ4n) is 3.58. The van der Waals surface area contributed by atoms with Crippen molar-refractivity contribution in [3.05, 3.63) is 53.8 Å². The third kappa shape index (κ3) is 4.05. The number of hydrogen-bond donors (Lipinski definition) is 0. The van der Waals surface area contributed by atoms with E-state index >= 15 is 0 Å². The maximum Gasteiger partial charge on any atom is 0.233 e. The minimum atomic E-state index is -0.281. The fraction of sp³-hybridized carbons (Fsp3) is 0.381. The van der Waals surface area contributed by atoms with Crippen LogP contribution in [-0.2, 0) is 4.79 Å². The minimum absolute atomic E-state index is 0.0378. The van der Waals surface area contributed by atoms with Crippen LogP contribution in [0.1, 0.15) is 30.9 Å². The molecule has 2 aromatic rings. The first-order chi connectivity index (χ1) is 13.2. The second-order valence-electron chi connectivity index (χ2n) is 6.72. The highest BCUT2D eigenvalue weighted by Gasteiger charge is 2.30. The smallest absolute Gasteiger partial charge is 0.233 e. The van der Waals surface area contributed by atoms with Crippen LogP contribution in [0.5, 0.6) is 11.5 Å². The lowest BCUT2D eigenvalue weighted by atomic mass is 10.0. The van der Waals surface area contributed by atoms with Crippen molar-refractivity contribution >= 4 is 17.7 Å². The van der Waals surface area contributed by atoms with Crippen molar-refractivity contribution in [2.75, 3.05) is 25.5 Å². The van der Waals surface area contributed by atoms with Crippen LogP contribution in [0.15, 0.2) is 47.4 Å². The van der Waals surface area contributed by atoms with Gasteiger partial charge in [0.25, 0.3) is 0 Å². The average Bonchev–Trinajstić information content (AvgIpc) is 3.06. The summed E-state index contributed by atoms with van der Waals surface area (Å²) in [5.41, 5.74) is 1.07. The molecule has 0 unspecified atom stereocenters. The van der Waals surface area contributed by atoms with Gasteiger partial charge in [0.05, 0.1) is 25.0 Å². The van der Waals surface area contributed by atoms with Gasteiger partial charge in [0.15, 0.2) is 11.5 Å². The Bertz CT molecular complexity index is 829. The molecular formula is C21H22FNO3S. The number of hydrogen-bond acceptors (Lipinski definition) is 4. The van der Waals surface area contributed by atoms with Crippen LogP contribution in [-0.4, -0.2) is 36.3 Å². The molecule has 0 radical (unpaired) electrons. The van der Waals surface area contributed by atoms with Gasteiger partial charge in [-0.1, -0.05) is 18.2 Å². The number of carbonyl (C=O) groups is 1. The third-order valence-corrected chi connectivity index (χ3v) is 5.95. The molecule has 2 aromatic carbocycles. The number of amides is 1. The van der Waals surface area contributed by atoms with E-state index in [4.69, 9.17) is 9.47 Å². The van der Waals surface area contributed by atoms with Gasteiger partial charge in [-0.25, -0.2) is 4.39 Å². The van der Waals surface area contributed by atoms with Gasteiger partial charge in [-0.2, -0.15) is 0 Å². The average molecular weight is 387 g/mol. The van der Waals surface area contributed by atoms with E-state index in [0.29, 0.717) is 18.1 Å². The quantitative estimate of drug-likeness (QED) is 0.727. The Morgan fingerprint density at radius 3 is 2.78 bits per heavy atom. The van der Waals surface area contributed by atoms with Crippen molar-refractivity contribution in [1.29, 1.82) is 0 Å². The fourth-order valence-corrected chi connectivity index (χ4v) is 4.41. The van der Waals surface area contributed by atoms with Crippen LogP contribution in [0.3, 0.4) is 0 Å². The van der Waals surface area contributed by atoms with Gasteiger partial charge in [-0.15, -0.1) is 11.8 Å². The number of thioether (sulfide) groups is 1. The number of ether oxygens (including phenoxy) is 2. The maximum atomic E-state index is 13.8. The molecule has 0 bridgehead atoms. The molecule has 1 fully saturated rings. The predicted octanol–water partition coefficient (Wildman–Crippen LogP) is 4.44. The SMILES string of the molecule is O=C(CSc1ccccc1F)N1CCC[C@@H]1c1ccc2c(c1)OCCCO2. The van der Waals surface area contributed by atoms with E-state index in [-0.39, 0.29) is 23.5 Å². The Labute approximate surface area is 162 Å². The number of carbonyl (C=O) groups excluding carboxylic acids is 1. The van der Waals surface area contributed by atoms with Gasteiger partial charge in [-0.3, -0.25) is 4.79 Å². The van der Waals surface area contributed by atoms with Crippen LogP contribution in [0.2, 0.25) is 0 Å². The zero-order valence-corrected chi connectivity index (χ0v) is 15.8. The number of rotatable bonds is 4. The van der Waals surface area contributed by atoms with E-state index in [0.717, 1.165) is 42.9 Å². The lowest BCUT2D eigenvalue weighted by molar-refractivity contribution is -0.129. The third-order valence-electron chi connectivity index (χ3n) is 4.92. The second kappa shape index (κ2) is 8.21. The van der Waals surface area contributed by atoms with E-state index in [1.165, 1.54) is 17.8 Å². The van der Waals surface area contributed by atoms with E-state index < -0.39 is 0 Å². The van der Waals surface area contributed by atoms with Gasteiger partial charge in [0.1, 0.15) is 5.82 Å². The number of fused-ring (bicyclic) bond motifs is 1. The standard InChI is InChI=1S/C21H22FNO3S/c22-16-5-1-2-7-20(16)27-14-21(24)23-10-3-6-17(23)15-8-9-18-19(13-15)26-12-4-11-25-18/h1-2,5,7-9,13,17H,3-4,6,10-12,14H2/t17-/m1/s1. The molecule has 2 aliphatic rings. The monoisotopic (exact) mass is 387 g/mol. The van der Waals surface area contributed by atoms with Gasteiger partial charge < -0.3 is 14.4 Å². The molecule has 2 heterocycles. The summed E-state index contributed by atoms with van der Waals surface area (Å²) < 4.78 is 25.3. The molecule has 0 aliphatic carbocycles. The van der Waals surface area contributed by atoms with Crippen LogP contribution in [0, 0.1) is 5.82 Å². The van der Waals surface area contributed by atoms with E-state index in [2.05, 4.69) is 0 Å². The summed E-state index contributed by atoms with van der Waals surface area (Å²) in [7, 11) is 0. The Hall–Kier alpha value is -2.21. The highest BCUT2D eigenvalue weighted by atomic mass is 32.2. The maximum absolute atomic E-state index is 13.8. The predicted molar refractivity (Wildman–Crippen MR) is 103 cm³/mol. The molecule has 1 saturated heterocycles. The normalized spacial score (nSPS) is 19.0. The molecule has 4 rings (SSSR count). The summed E-state index contributed by atoms with van der Waals surface area (Å²) in [6.45, 7) is 2.03. The Morgan fingerprint density at radius 2 is 1.93 bits per heavy atom. The van der Waals surface area contributed by atoms with Crippen LogP contribution in [0.25, 0.3) is 0 Å². The van der Waals surface area contributed by atoms with E-state index in [1.807, 2.05) is 23.1 Å². The number of halogens is 1. The summed E-state index contributed by atoms with van der Waals surface area (Å²) in [6.07, 6.45) is 2.76. The zero-order valence-electron chi connectivity index (χ0n) is 15.0. The van der Waals surface area contributed by atoms with Crippen molar-refractivity contribution in [2.45, 2.75) is 30.2 Å². The molecular weight excluding hydrogens is 365 g/mol. The summed E-state index contributed by atoms with van der Waals surface area (Å²) in [5.74, 6) is 1.52. The molecule has 27 heavy (non-hydrogen) atoms. The van der Waals surface area contributed by atoms with Gasteiger partial charge >= 0.3 is 0 Å². The minimum Gasteiger partial charge on any atom is -0.490 e. The highest BCUT2D eigenvalue weighted by molar-refractivity contribution is 8.00. The van der Waals surface area contributed by atoms with Gasteiger partial charge in [-0.05, 0) is 42.7 Å². The first-order valence-corrected chi connectivity index (χ1v) is 10.3. The lowest BCUT2D eigenvalue weighted by Gasteiger charge is -2.25. The molecule has 0 N–H and O–H groups in total. The van der Waals surface area contributed by atoms with Crippen LogP contribution in [0.4, 0.5) is 4.39 Å². The molecule has 142 valence electrons. The molecule has 1 atom stereocenters. The van der Waals surface area contributed by atoms with Crippen molar-refractivity contribution in [3.63, 3.8) is 0 Å². The molecule has 0 aromatic heterocycles. The molecule has 0 saturated carbocycles. The lowest BCUT2D eigenvalue weighted by Crippen LogP contribution is -2.32. The van der Waals surface area contributed by atoms with Crippen molar-refractivity contribution in [2.24, 2.45) is 0 Å². The molecule has 1 amide bonds.